The maximum atomic E-state index is 13.9. The van der Waals surface area contributed by atoms with Gasteiger partial charge in [-0.2, -0.15) is 0 Å². The first-order chi connectivity index (χ1) is 10.1. The van der Waals surface area contributed by atoms with Crippen LogP contribution in [0.2, 0.25) is 0 Å². The topological polar surface area (TPSA) is 9.23 Å². The number of hydrogen-bond acceptors (Lipinski definition) is 1. The Balaban J connectivity index is 2.34. The molecular formula is C17H17Br2FO. The molecule has 0 aliphatic carbocycles. The van der Waals surface area contributed by atoms with Gasteiger partial charge in [-0.05, 0) is 29.7 Å². The average Bonchev–Trinajstić information content (AvgIpc) is 2.54. The average molecular weight is 416 g/mol. The molecule has 21 heavy (non-hydrogen) atoms. The van der Waals surface area contributed by atoms with E-state index in [0.717, 1.165) is 22.6 Å². The number of ether oxygens (including phenoxy) is 1. The molecule has 0 atom stereocenters. The van der Waals surface area contributed by atoms with Crippen molar-refractivity contribution in [1.29, 1.82) is 0 Å². The third kappa shape index (κ3) is 3.67. The smallest absolute Gasteiger partial charge is 0.165 e. The SMILES string of the molecule is COc1ccc(CC(CBr)(CBr)c2ccccc2)cc1F. The molecule has 0 heterocycles. The van der Waals surface area contributed by atoms with Gasteiger partial charge >= 0.3 is 0 Å². The summed E-state index contributed by atoms with van der Waals surface area (Å²) < 4.78 is 18.9. The highest BCUT2D eigenvalue weighted by Crippen LogP contribution is 2.33. The number of benzene rings is 2. The highest BCUT2D eigenvalue weighted by molar-refractivity contribution is 9.09. The fraction of sp³-hybridized carbons (Fsp3) is 0.294. The molecule has 0 radical (unpaired) electrons. The lowest BCUT2D eigenvalue weighted by atomic mass is 9.79. The minimum atomic E-state index is -0.318. The summed E-state index contributed by atoms with van der Waals surface area (Å²) in [5, 5.41) is 1.59. The Morgan fingerprint density at radius 3 is 2.24 bits per heavy atom. The van der Waals surface area contributed by atoms with Crippen LogP contribution < -0.4 is 4.74 Å². The minimum absolute atomic E-state index is 0.109. The van der Waals surface area contributed by atoms with Crippen molar-refractivity contribution in [3.8, 4) is 5.75 Å². The van der Waals surface area contributed by atoms with Crippen LogP contribution in [0, 0.1) is 5.82 Å². The zero-order valence-electron chi connectivity index (χ0n) is 11.8. The first-order valence-electron chi connectivity index (χ1n) is 6.65. The Kier molecular flexibility index (Phi) is 5.82. The highest BCUT2D eigenvalue weighted by atomic mass is 79.9. The predicted octanol–water partition coefficient (Wildman–Crippen LogP) is 5.10. The standard InChI is InChI=1S/C17H17Br2FO/c1-21-16-8-7-13(9-15(16)20)10-17(11-18,12-19)14-5-3-2-4-6-14/h2-9H,10-12H2,1H3. The van der Waals surface area contributed by atoms with Crippen LogP contribution in [-0.4, -0.2) is 17.8 Å². The van der Waals surface area contributed by atoms with E-state index in [-0.39, 0.29) is 17.0 Å². The van der Waals surface area contributed by atoms with Gasteiger partial charge in [-0.3, -0.25) is 0 Å². The van der Waals surface area contributed by atoms with Crippen LogP contribution in [0.3, 0.4) is 0 Å². The number of halogens is 3. The summed E-state index contributed by atoms with van der Waals surface area (Å²) in [7, 11) is 1.48. The first kappa shape index (κ1) is 16.5. The summed E-state index contributed by atoms with van der Waals surface area (Å²) in [5.74, 6) is -0.0390. The van der Waals surface area contributed by atoms with Crippen molar-refractivity contribution < 1.29 is 9.13 Å². The molecule has 4 heteroatoms. The van der Waals surface area contributed by atoms with Gasteiger partial charge in [0.15, 0.2) is 11.6 Å². The lowest BCUT2D eigenvalue weighted by molar-refractivity contribution is 0.385. The molecule has 0 aromatic heterocycles. The van der Waals surface area contributed by atoms with Crippen molar-refractivity contribution in [3.63, 3.8) is 0 Å². The molecule has 0 fully saturated rings. The highest BCUT2D eigenvalue weighted by Gasteiger charge is 2.30. The number of hydrogen-bond donors (Lipinski definition) is 0. The van der Waals surface area contributed by atoms with E-state index in [4.69, 9.17) is 4.74 Å². The van der Waals surface area contributed by atoms with E-state index >= 15 is 0 Å². The van der Waals surface area contributed by atoms with Crippen LogP contribution in [0.4, 0.5) is 4.39 Å². The van der Waals surface area contributed by atoms with E-state index in [2.05, 4.69) is 44.0 Å². The van der Waals surface area contributed by atoms with Crippen LogP contribution in [0.15, 0.2) is 48.5 Å². The predicted molar refractivity (Wildman–Crippen MR) is 92.4 cm³/mol. The third-order valence-corrected chi connectivity index (χ3v) is 5.80. The fourth-order valence-corrected chi connectivity index (χ4v) is 4.36. The van der Waals surface area contributed by atoms with E-state index in [9.17, 15) is 4.39 Å². The number of methoxy groups -OCH3 is 1. The summed E-state index contributed by atoms with van der Waals surface area (Å²) in [4.78, 5) is 0. The Hall–Kier alpha value is -0.870. The normalized spacial score (nSPS) is 11.4. The van der Waals surface area contributed by atoms with Gasteiger partial charge in [-0.15, -0.1) is 0 Å². The van der Waals surface area contributed by atoms with Crippen molar-refractivity contribution in [2.24, 2.45) is 0 Å². The van der Waals surface area contributed by atoms with Crippen LogP contribution in [0.5, 0.6) is 5.75 Å². The monoisotopic (exact) mass is 414 g/mol. The van der Waals surface area contributed by atoms with Gasteiger partial charge in [-0.1, -0.05) is 68.3 Å². The lowest BCUT2D eigenvalue weighted by Crippen LogP contribution is -2.33. The Labute approximate surface area is 141 Å². The van der Waals surface area contributed by atoms with Crippen molar-refractivity contribution in [2.45, 2.75) is 11.8 Å². The van der Waals surface area contributed by atoms with Gasteiger partial charge in [0.2, 0.25) is 0 Å². The Bertz CT molecular complexity index is 583. The van der Waals surface area contributed by atoms with E-state index in [1.807, 2.05) is 24.3 Å². The molecule has 0 aliphatic heterocycles. The van der Waals surface area contributed by atoms with Gasteiger partial charge in [-0.25, -0.2) is 4.39 Å². The quantitative estimate of drug-likeness (QED) is 0.596. The van der Waals surface area contributed by atoms with E-state index in [0.29, 0.717) is 0 Å². The van der Waals surface area contributed by atoms with Crippen LogP contribution >= 0.6 is 31.9 Å². The minimum Gasteiger partial charge on any atom is -0.494 e. The molecule has 0 spiro atoms. The molecule has 0 bridgehead atoms. The molecule has 0 aliphatic rings. The zero-order valence-corrected chi connectivity index (χ0v) is 15.0. The van der Waals surface area contributed by atoms with Gasteiger partial charge in [0.25, 0.3) is 0 Å². The fourth-order valence-electron chi connectivity index (χ4n) is 2.39. The van der Waals surface area contributed by atoms with Crippen LogP contribution in [-0.2, 0) is 11.8 Å². The summed E-state index contributed by atoms with van der Waals surface area (Å²) in [6.07, 6.45) is 0.744. The second-order valence-electron chi connectivity index (χ2n) is 5.06. The lowest BCUT2D eigenvalue weighted by Gasteiger charge is -2.31. The summed E-state index contributed by atoms with van der Waals surface area (Å²) in [5.41, 5.74) is 2.08. The van der Waals surface area contributed by atoms with Crippen molar-refractivity contribution in [2.75, 3.05) is 17.8 Å². The maximum absolute atomic E-state index is 13.9. The summed E-state index contributed by atoms with van der Waals surface area (Å²) in [6, 6.07) is 15.5. The molecule has 2 rings (SSSR count). The molecule has 112 valence electrons. The van der Waals surface area contributed by atoms with E-state index in [1.165, 1.54) is 12.7 Å². The van der Waals surface area contributed by atoms with Crippen molar-refractivity contribution in [1.82, 2.24) is 0 Å². The number of alkyl halides is 2. The Morgan fingerprint density at radius 1 is 1.05 bits per heavy atom. The molecule has 1 nitrogen and oxygen atoms in total. The van der Waals surface area contributed by atoms with E-state index in [1.54, 1.807) is 12.1 Å². The van der Waals surface area contributed by atoms with Crippen LogP contribution in [0.25, 0.3) is 0 Å². The van der Waals surface area contributed by atoms with Gasteiger partial charge in [0.1, 0.15) is 0 Å². The van der Waals surface area contributed by atoms with Gasteiger partial charge in [0, 0.05) is 16.1 Å². The number of rotatable bonds is 6. The van der Waals surface area contributed by atoms with Gasteiger partial charge in [0.05, 0.1) is 7.11 Å². The first-order valence-corrected chi connectivity index (χ1v) is 8.89. The third-order valence-electron chi connectivity index (χ3n) is 3.66. The zero-order chi connectivity index (χ0) is 15.3. The molecule has 0 N–H and O–H groups in total. The summed E-state index contributed by atoms with van der Waals surface area (Å²) in [6.45, 7) is 0. The molecule has 2 aromatic carbocycles. The molecule has 0 amide bonds. The second kappa shape index (κ2) is 7.41. The molecule has 0 saturated carbocycles. The van der Waals surface area contributed by atoms with E-state index < -0.39 is 0 Å². The second-order valence-corrected chi connectivity index (χ2v) is 6.18. The molecule has 2 aromatic rings. The van der Waals surface area contributed by atoms with Crippen molar-refractivity contribution in [3.05, 3.63) is 65.5 Å². The Morgan fingerprint density at radius 2 is 1.71 bits per heavy atom. The largest absolute Gasteiger partial charge is 0.494 e. The van der Waals surface area contributed by atoms with Crippen LogP contribution in [0.1, 0.15) is 11.1 Å². The van der Waals surface area contributed by atoms with Gasteiger partial charge < -0.3 is 4.74 Å². The summed E-state index contributed by atoms with van der Waals surface area (Å²) >= 11 is 7.25. The molecular weight excluding hydrogens is 399 g/mol. The molecule has 0 unspecified atom stereocenters. The maximum Gasteiger partial charge on any atom is 0.165 e. The molecule has 0 saturated heterocycles. The van der Waals surface area contributed by atoms with Crippen molar-refractivity contribution >= 4 is 31.9 Å².